The standard InChI is InChI=1S/C23H31N5O3/c1-19-16-25-21(17-24-19)23(30)28(14-15-31-2)9-8-22(29)27-12-10-26(11-13-27)18-20-6-4-3-5-7-20/h3-7,16-17H,8-15,18H2,1-2H3. The average Bonchev–Trinajstić information content (AvgIpc) is 2.80. The SMILES string of the molecule is COCCN(CCC(=O)N1CCN(Cc2ccccc2)CC1)C(=O)c1cnc(C)cn1. The summed E-state index contributed by atoms with van der Waals surface area (Å²) in [5.41, 5.74) is 2.32. The molecule has 0 aliphatic carbocycles. The third-order valence-corrected chi connectivity index (χ3v) is 5.42. The van der Waals surface area contributed by atoms with E-state index >= 15 is 0 Å². The van der Waals surface area contributed by atoms with Crippen molar-refractivity contribution >= 4 is 11.8 Å². The highest BCUT2D eigenvalue weighted by molar-refractivity contribution is 5.92. The van der Waals surface area contributed by atoms with Crippen molar-refractivity contribution in [3.8, 4) is 0 Å². The van der Waals surface area contributed by atoms with Gasteiger partial charge < -0.3 is 14.5 Å². The molecule has 1 aliphatic rings. The van der Waals surface area contributed by atoms with Crippen LogP contribution in [-0.4, -0.2) is 89.5 Å². The zero-order valence-corrected chi connectivity index (χ0v) is 18.4. The minimum absolute atomic E-state index is 0.0737. The molecule has 0 N–H and O–H groups in total. The van der Waals surface area contributed by atoms with Crippen LogP contribution in [0, 0.1) is 6.92 Å². The first-order valence-electron chi connectivity index (χ1n) is 10.7. The minimum atomic E-state index is -0.231. The molecule has 1 aromatic carbocycles. The minimum Gasteiger partial charge on any atom is -0.383 e. The number of ether oxygens (including phenoxy) is 1. The number of methoxy groups -OCH3 is 1. The fourth-order valence-corrected chi connectivity index (χ4v) is 3.57. The van der Waals surface area contributed by atoms with Crippen molar-refractivity contribution < 1.29 is 14.3 Å². The van der Waals surface area contributed by atoms with Gasteiger partial charge in [-0.2, -0.15) is 0 Å². The van der Waals surface area contributed by atoms with E-state index in [-0.39, 0.29) is 23.9 Å². The highest BCUT2D eigenvalue weighted by atomic mass is 16.5. The Morgan fingerprint density at radius 3 is 2.42 bits per heavy atom. The summed E-state index contributed by atoms with van der Waals surface area (Å²) in [6.45, 7) is 6.99. The van der Waals surface area contributed by atoms with E-state index in [1.165, 1.54) is 11.8 Å². The zero-order valence-electron chi connectivity index (χ0n) is 18.4. The maximum absolute atomic E-state index is 12.8. The van der Waals surface area contributed by atoms with Crippen LogP contribution in [0.2, 0.25) is 0 Å². The molecule has 166 valence electrons. The third-order valence-electron chi connectivity index (χ3n) is 5.42. The van der Waals surface area contributed by atoms with Gasteiger partial charge in [-0.05, 0) is 12.5 Å². The number of hydrogen-bond donors (Lipinski definition) is 0. The van der Waals surface area contributed by atoms with Crippen molar-refractivity contribution in [2.75, 3.05) is 53.0 Å². The summed E-state index contributed by atoms with van der Waals surface area (Å²) < 4.78 is 5.13. The molecule has 2 heterocycles. The molecule has 3 rings (SSSR count). The van der Waals surface area contributed by atoms with Gasteiger partial charge in [0.05, 0.1) is 18.5 Å². The Labute approximate surface area is 183 Å². The summed E-state index contributed by atoms with van der Waals surface area (Å²) in [5.74, 6) is -0.158. The predicted octanol–water partition coefficient (Wildman–Crippen LogP) is 1.61. The fourth-order valence-electron chi connectivity index (χ4n) is 3.57. The van der Waals surface area contributed by atoms with Gasteiger partial charge in [0.15, 0.2) is 0 Å². The lowest BCUT2D eigenvalue weighted by Crippen LogP contribution is -2.49. The number of carbonyl (C=O) groups excluding carboxylic acids is 2. The molecule has 0 saturated carbocycles. The number of aromatic nitrogens is 2. The second-order valence-corrected chi connectivity index (χ2v) is 7.72. The van der Waals surface area contributed by atoms with Crippen LogP contribution >= 0.6 is 0 Å². The maximum Gasteiger partial charge on any atom is 0.274 e. The van der Waals surface area contributed by atoms with Crippen LogP contribution in [0.5, 0.6) is 0 Å². The van der Waals surface area contributed by atoms with E-state index in [1.54, 1.807) is 18.2 Å². The Bertz CT molecular complexity index is 836. The first-order chi connectivity index (χ1) is 15.1. The lowest BCUT2D eigenvalue weighted by molar-refractivity contribution is -0.133. The lowest BCUT2D eigenvalue weighted by Gasteiger charge is -2.35. The Morgan fingerprint density at radius 2 is 1.77 bits per heavy atom. The molecule has 8 heteroatoms. The highest BCUT2D eigenvalue weighted by Gasteiger charge is 2.23. The number of amides is 2. The largest absolute Gasteiger partial charge is 0.383 e. The Morgan fingerprint density at radius 1 is 1.03 bits per heavy atom. The van der Waals surface area contributed by atoms with Gasteiger partial charge >= 0.3 is 0 Å². The first-order valence-corrected chi connectivity index (χ1v) is 10.7. The van der Waals surface area contributed by atoms with E-state index in [0.717, 1.165) is 25.3 Å². The van der Waals surface area contributed by atoms with Crippen molar-refractivity contribution in [2.24, 2.45) is 0 Å². The number of rotatable bonds is 9. The Hall–Kier alpha value is -2.84. The van der Waals surface area contributed by atoms with Gasteiger partial charge in [0.25, 0.3) is 5.91 Å². The van der Waals surface area contributed by atoms with Crippen LogP contribution in [0.1, 0.15) is 28.2 Å². The molecule has 1 saturated heterocycles. The molecule has 31 heavy (non-hydrogen) atoms. The molecule has 1 fully saturated rings. The molecule has 0 bridgehead atoms. The van der Waals surface area contributed by atoms with Crippen LogP contribution in [0.25, 0.3) is 0 Å². The fraction of sp³-hybridized carbons (Fsp3) is 0.478. The maximum atomic E-state index is 12.8. The van der Waals surface area contributed by atoms with Crippen LogP contribution in [0.4, 0.5) is 0 Å². The van der Waals surface area contributed by atoms with Gasteiger partial charge in [-0.3, -0.25) is 19.5 Å². The van der Waals surface area contributed by atoms with Gasteiger partial charge in [-0.25, -0.2) is 4.98 Å². The smallest absolute Gasteiger partial charge is 0.274 e. The molecule has 1 aliphatic heterocycles. The Balaban J connectivity index is 1.49. The molecular weight excluding hydrogens is 394 g/mol. The average molecular weight is 426 g/mol. The summed E-state index contributed by atoms with van der Waals surface area (Å²) in [6, 6.07) is 10.4. The number of aryl methyl sites for hydroxylation is 1. The quantitative estimate of drug-likeness (QED) is 0.607. The van der Waals surface area contributed by atoms with Crippen LogP contribution in [-0.2, 0) is 16.1 Å². The van der Waals surface area contributed by atoms with E-state index < -0.39 is 0 Å². The number of nitrogens with zero attached hydrogens (tertiary/aromatic N) is 5. The van der Waals surface area contributed by atoms with Crippen LogP contribution < -0.4 is 0 Å². The van der Waals surface area contributed by atoms with E-state index in [2.05, 4.69) is 27.0 Å². The van der Waals surface area contributed by atoms with E-state index in [4.69, 9.17) is 4.74 Å². The zero-order chi connectivity index (χ0) is 22.1. The van der Waals surface area contributed by atoms with Gasteiger partial charge in [0.2, 0.25) is 5.91 Å². The van der Waals surface area contributed by atoms with E-state index in [9.17, 15) is 9.59 Å². The molecule has 1 aromatic heterocycles. The highest BCUT2D eigenvalue weighted by Crippen LogP contribution is 2.10. The molecule has 0 unspecified atom stereocenters. The van der Waals surface area contributed by atoms with Gasteiger partial charge in [0, 0.05) is 65.5 Å². The van der Waals surface area contributed by atoms with Crippen LogP contribution in [0.3, 0.4) is 0 Å². The summed E-state index contributed by atoms with van der Waals surface area (Å²) >= 11 is 0. The Kier molecular flexibility index (Phi) is 8.49. The summed E-state index contributed by atoms with van der Waals surface area (Å²) in [6.07, 6.45) is 3.33. The molecule has 8 nitrogen and oxygen atoms in total. The second-order valence-electron chi connectivity index (χ2n) is 7.72. The van der Waals surface area contributed by atoms with Crippen molar-refractivity contribution in [3.63, 3.8) is 0 Å². The topological polar surface area (TPSA) is 78.9 Å². The van der Waals surface area contributed by atoms with Gasteiger partial charge in [0.1, 0.15) is 5.69 Å². The summed E-state index contributed by atoms with van der Waals surface area (Å²) in [4.78, 5) is 39.8. The molecular formula is C23H31N5O3. The molecule has 0 spiro atoms. The second kappa shape index (κ2) is 11.5. The lowest BCUT2D eigenvalue weighted by atomic mass is 10.2. The van der Waals surface area contributed by atoms with Gasteiger partial charge in [-0.15, -0.1) is 0 Å². The number of hydrogen-bond acceptors (Lipinski definition) is 6. The normalized spacial score (nSPS) is 14.5. The molecule has 2 amide bonds. The van der Waals surface area contributed by atoms with E-state index in [0.29, 0.717) is 32.8 Å². The van der Waals surface area contributed by atoms with Crippen molar-refractivity contribution in [1.29, 1.82) is 0 Å². The van der Waals surface area contributed by atoms with Crippen LogP contribution in [0.15, 0.2) is 42.7 Å². The van der Waals surface area contributed by atoms with E-state index in [1.807, 2.05) is 30.0 Å². The number of carbonyl (C=O) groups is 2. The van der Waals surface area contributed by atoms with Gasteiger partial charge in [-0.1, -0.05) is 30.3 Å². The molecule has 2 aromatic rings. The van der Waals surface area contributed by atoms with Crippen molar-refractivity contribution in [3.05, 3.63) is 59.7 Å². The monoisotopic (exact) mass is 425 g/mol. The number of piperazine rings is 1. The number of benzene rings is 1. The predicted molar refractivity (Wildman–Crippen MR) is 117 cm³/mol. The summed E-state index contributed by atoms with van der Waals surface area (Å²) in [7, 11) is 1.59. The third kappa shape index (κ3) is 6.83. The molecule has 0 radical (unpaired) electrons. The molecule has 0 atom stereocenters. The van der Waals surface area contributed by atoms with Crippen molar-refractivity contribution in [2.45, 2.75) is 19.9 Å². The first kappa shape index (κ1) is 22.8. The summed E-state index contributed by atoms with van der Waals surface area (Å²) in [5, 5.41) is 0. The van der Waals surface area contributed by atoms with Crippen molar-refractivity contribution in [1.82, 2.24) is 24.7 Å².